The molecule has 2 saturated carbocycles. The average molecular weight is 491 g/mol. The van der Waals surface area contributed by atoms with E-state index in [4.69, 9.17) is 9.72 Å². The van der Waals surface area contributed by atoms with E-state index < -0.39 is 5.97 Å². The van der Waals surface area contributed by atoms with Crippen LogP contribution in [0.3, 0.4) is 0 Å². The molecule has 2 aromatic carbocycles. The van der Waals surface area contributed by atoms with Crippen LogP contribution in [0, 0.1) is 5.92 Å². The molecule has 6 heteroatoms. The van der Waals surface area contributed by atoms with E-state index in [-0.39, 0.29) is 0 Å². The number of hydrogen-bond acceptors (Lipinski definition) is 5. The van der Waals surface area contributed by atoms with Crippen LogP contribution in [0.5, 0.6) is 5.75 Å². The molecule has 0 bridgehead atoms. The van der Waals surface area contributed by atoms with Crippen molar-refractivity contribution in [3.63, 3.8) is 0 Å². The molecule has 0 atom stereocenters. The van der Waals surface area contributed by atoms with Gasteiger partial charge in [-0.2, -0.15) is 0 Å². The van der Waals surface area contributed by atoms with Gasteiger partial charge in [-0.3, -0.25) is 0 Å². The lowest BCUT2D eigenvalue weighted by Gasteiger charge is -2.28. The van der Waals surface area contributed by atoms with Gasteiger partial charge >= 0.3 is 5.97 Å². The minimum absolute atomic E-state index is 0.322. The molecule has 1 aromatic heterocycles. The second-order valence-corrected chi connectivity index (χ2v) is 10.9. The molecule has 2 fully saturated rings. The Kier molecular flexibility index (Phi) is 7.37. The maximum absolute atomic E-state index is 11.2. The first-order valence-corrected chi connectivity index (χ1v) is 13.7. The molecule has 1 heterocycles. The van der Waals surface area contributed by atoms with Gasteiger partial charge in [0.2, 0.25) is 0 Å². The van der Waals surface area contributed by atoms with E-state index in [9.17, 15) is 9.90 Å². The van der Waals surface area contributed by atoms with Gasteiger partial charge in [0.05, 0.1) is 17.4 Å². The van der Waals surface area contributed by atoms with Crippen molar-refractivity contribution < 1.29 is 14.6 Å². The van der Waals surface area contributed by atoms with Crippen LogP contribution in [-0.2, 0) is 6.54 Å². The van der Waals surface area contributed by atoms with Crippen molar-refractivity contribution in [3.05, 3.63) is 65.0 Å². The van der Waals surface area contributed by atoms with Crippen LogP contribution in [0.15, 0.2) is 53.9 Å². The standard InChI is InChI=1S/C29H34N2O3S/c1-20-6-14-25(15-7-20)34-26-16-12-22(13-17-26)27-19-35-29(30-27)31(24-4-2-3-5-24)18-21-8-10-23(11-9-21)28(32)33/h8-13,16-17,19-20,24-25H,2-7,14-15,18H2,1H3,(H,32,33)/t20-,25+. The maximum atomic E-state index is 11.2. The van der Waals surface area contributed by atoms with Crippen molar-refractivity contribution >= 4 is 22.4 Å². The zero-order valence-corrected chi connectivity index (χ0v) is 21.2. The monoisotopic (exact) mass is 490 g/mol. The maximum Gasteiger partial charge on any atom is 0.335 e. The third kappa shape index (κ3) is 5.87. The van der Waals surface area contributed by atoms with E-state index >= 15 is 0 Å². The number of aromatic nitrogens is 1. The number of benzene rings is 2. The number of ether oxygens (including phenoxy) is 1. The molecule has 0 unspecified atom stereocenters. The Morgan fingerprint density at radius 3 is 2.34 bits per heavy atom. The highest BCUT2D eigenvalue weighted by Gasteiger charge is 2.25. The number of hydrogen-bond donors (Lipinski definition) is 1. The summed E-state index contributed by atoms with van der Waals surface area (Å²) in [6.45, 7) is 3.07. The SMILES string of the molecule is C[C@H]1CC[C@@H](Oc2ccc(-c3csc(N(Cc4ccc(C(=O)O)cc4)C4CCCC4)n3)cc2)CC1. The summed E-state index contributed by atoms with van der Waals surface area (Å²) in [6.07, 6.45) is 9.99. The Morgan fingerprint density at radius 1 is 1.00 bits per heavy atom. The highest BCUT2D eigenvalue weighted by atomic mass is 32.1. The van der Waals surface area contributed by atoms with Crippen molar-refractivity contribution in [3.8, 4) is 17.0 Å². The molecule has 2 aliphatic rings. The lowest BCUT2D eigenvalue weighted by Crippen LogP contribution is -2.32. The van der Waals surface area contributed by atoms with Crippen molar-refractivity contribution in [1.29, 1.82) is 0 Å². The predicted octanol–water partition coefficient (Wildman–Crippen LogP) is 7.42. The summed E-state index contributed by atoms with van der Waals surface area (Å²) in [6, 6.07) is 16.1. The number of thiazole rings is 1. The molecule has 5 rings (SSSR count). The van der Waals surface area contributed by atoms with Gasteiger partial charge in [-0.15, -0.1) is 11.3 Å². The zero-order chi connectivity index (χ0) is 24.2. The van der Waals surface area contributed by atoms with Crippen molar-refractivity contribution in [1.82, 2.24) is 4.98 Å². The lowest BCUT2D eigenvalue weighted by atomic mass is 9.89. The van der Waals surface area contributed by atoms with E-state index in [1.54, 1.807) is 23.5 Å². The summed E-state index contributed by atoms with van der Waals surface area (Å²) in [5.74, 6) is 0.878. The summed E-state index contributed by atoms with van der Waals surface area (Å²) in [5, 5.41) is 12.4. The first-order chi connectivity index (χ1) is 17.0. The van der Waals surface area contributed by atoms with E-state index in [1.807, 2.05) is 12.1 Å². The van der Waals surface area contributed by atoms with E-state index in [0.29, 0.717) is 17.7 Å². The van der Waals surface area contributed by atoms with Crippen LogP contribution in [0.1, 0.15) is 74.2 Å². The summed E-state index contributed by atoms with van der Waals surface area (Å²) < 4.78 is 6.23. The Labute approximate surface area is 211 Å². The van der Waals surface area contributed by atoms with Gasteiger partial charge < -0.3 is 14.7 Å². The van der Waals surface area contributed by atoms with Gasteiger partial charge in [-0.1, -0.05) is 31.9 Å². The van der Waals surface area contributed by atoms with Gasteiger partial charge in [-0.05, 0) is 86.4 Å². The van der Waals surface area contributed by atoms with Gasteiger partial charge in [-0.25, -0.2) is 9.78 Å². The van der Waals surface area contributed by atoms with Gasteiger partial charge in [0.1, 0.15) is 5.75 Å². The molecule has 0 saturated heterocycles. The number of aromatic carboxylic acids is 1. The molecular weight excluding hydrogens is 456 g/mol. The quantitative estimate of drug-likeness (QED) is 0.356. The highest BCUT2D eigenvalue weighted by molar-refractivity contribution is 7.14. The molecule has 2 aliphatic carbocycles. The number of anilines is 1. The summed E-state index contributed by atoms with van der Waals surface area (Å²) in [5.41, 5.74) is 3.53. The molecule has 3 aromatic rings. The number of carboxylic acid groups (broad SMARTS) is 1. The molecule has 5 nitrogen and oxygen atoms in total. The number of carbonyl (C=O) groups is 1. The van der Waals surface area contributed by atoms with Crippen LogP contribution in [0.25, 0.3) is 11.3 Å². The lowest BCUT2D eigenvalue weighted by molar-refractivity contribution is 0.0697. The molecule has 0 spiro atoms. The molecule has 0 amide bonds. The molecule has 0 radical (unpaired) electrons. The number of carboxylic acids is 1. The minimum Gasteiger partial charge on any atom is -0.490 e. The molecular formula is C29H34N2O3S. The third-order valence-corrected chi connectivity index (χ3v) is 8.35. The summed E-state index contributed by atoms with van der Waals surface area (Å²) >= 11 is 1.69. The first kappa shape index (κ1) is 23.9. The second-order valence-electron chi connectivity index (χ2n) is 10.1. The fourth-order valence-electron chi connectivity index (χ4n) is 5.29. The molecule has 35 heavy (non-hydrogen) atoms. The van der Waals surface area contributed by atoms with Gasteiger partial charge in [0.25, 0.3) is 0 Å². The molecule has 1 N–H and O–H groups in total. The Morgan fingerprint density at radius 2 is 1.69 bits per heavy atom. The number of rotatable bonds is 8. The molecule has 0 aliphatic heterocycles. The Bertz CT molecular complexity index is 1110. The van der Waals surface area contributed by atoms with Crippen LogP contribution in [-0.4, -0.2) is 28.2 Å². The van der Waals surface area contributed by atoms with E-state index in [1.165, 1.54) is 38.5 Å². The number of nitrogens with zero attached hydrogens (tertiary/aromatic N) is 2. The highest BCUT2D eigenvalue weighted by Crippen LogP contribution is 2.35. The first-order valence-electron chi connectivity index (χ1n) is 12.9. The predicted molar refractivity (Wildman–Crippen MR) is 141 cm³/mol. The zero-order valence-electron chi connectivity index (χ0n) is 20.4. The normalized spacial score (nSPS) is 20.6. The molecule has 184 valence electrons. The van der Waals surface area contributed by atoms with Gasteiger partial charge in [0, 0.05) is 23.5 Å². The van der Waals surface area contributed by atoms with Crippen LogP contribution >= 0.6 is 11.3 Å². The third-order valence-electron chi connectivity index (χ3n) is 7.47. The largest absolute Gasteiger partial charge is 0.490 e. The topological polar surface area (TPSA) is 62.7 Å². The average Bonchev–Trinajstić information content (AvgIpc) is 3.58. The fraction of sp³-hybridized carbons (Fsp3) is 0.448. The summed E-state index contributed by atoms with van der Waals surface area (Å²) in [7, 11) is 0. The van der Waals surface area contributed by atoms with Crippen molar-refractivity contribution in [2.75, 3.05) is 4.90 Å². The van der Waals surface area contributed by atoms with E-state index in [0.717, 1.165) is 53.0 Å². The van der Waals surface area contributed by atoms with Gasteiger partial charge in [0.15, 0.2) is 5.13 Å². The van der Waals surface area contributed by atoms with Crippen molar-refractivity contribution in [2.45, 2.75) is 77.0 Å². The minimum atomic E-state index is -0.890. The van der Waals surface area contributed by atoms with Crippen molar-refractivity contribution in [2.24, 2.45) is 5.92 Å². The van der Waals surface area contributed by atoms with Crippen LogP contribution in [0.2, 0.25) is 0 Å². The Balaban J connectivity index is 1.29. The second kappa shape index (κ2) is 10.8. The Hall–Kier alpha value is -2.86. The fourth-order valence-corrected chi connectivity index (χ4v) is 6.20. The smallest absolute Gasteiger partial charge is 0.335 e. The summed E-state index contributed by atoms with van der Waals surface area (Å²) in [4.78, 5) is 18.7. The van der Waals surface area contributed by atoms with E-state index in [2.05, 4.69) is 41.5 Å². The van der Waals surface area contributed by atoms with Crippen LogP contribution in [0.4, 0.5) is 5.13 Å². The van der Waals surface area contributed by atoms with Crippen LogP contribution < -0.4 is 9.64 Å².